The van der Waals surface area contributed by atoms with Crippen molar-refractivity contribution in [2.45, 2.75) is 38.8 Å². The molecule has 1 aromatic carbocycles. The van der Waals surface area contributed by atoms with Gasteiger partial charge in [0.05, 0.1) is 0 Å². The second kappa shape index (κ2) is 5.19. The maximum Gasteiger partial charge on any atom is 0.0283 e. The van der Waals surface area contributed by atoms with Gasteiger partial charge < -0.3 is 5.73 Å². The highest BCUT2D eigenvalue weighted by Gasteiger charge is 2.39. The molecule has 1 fully saturated rings. The van der Waals surface area contributed by atoms with Gasteiger partial charge in [-0.25, -0.2) is 0 Å². The van der Waals surface area contributed by atoms with Gasteiger partial charge in [0.1, 0.15) is 0 Å². The van der Waals surface area contributed by atoms with E-state index in [9.17, 15) is 0 Å². The number of nitrogens with two attached hydrogens (primary N) is 1. The Hall–Kier alpha value is -0.860. The van der Waals surface area contributed by atoms with Crippen LogP contribution in [0.2, 0.25) is 0 Å². The predicted molar refractivity (Wildman–Crippen MR) is 72.7 cm³/mol. The Morgan fingerprint density at radius 3 is 2.47 bits per heavy atom. The van der Waals surface area contributed by atoms with Crippen LogP contribution in [-0.2, 0) is 6.54 Å². The molecule has 1 aliphatic rings. The molecule has 0 heterocycles. The number of likely N-dealkylation sites (N-methyl/N-ethyl adjacent to an activating group) is 1. The van der Waals surface area contributed by atoms with Crippen molar-refractivity contribution in [1.82, 2.24) is 4.90 Å². The minimum Gasteiger partial charge on any atom is -0.324 e. The van der Waals surface area contributed by atoms with Gasteiger partial charge in [-0.3, -0.25) is 4.90 Å². The topological polar surface area (TPSA) is 29.3 Å². The predicted octanol–water partition coefficient (Wildman–Crippen LogP) is 2.64. The van der Waals surface area contributed by atoms with Gasteiger partial charge in [0.25, 0.3) is 0 Å². The van der Waals surface area contributed by atoms with E-state index < -0.39 is 0 Å². The molecule has 0 amide bonds. The summed E-state index contributed by atoms with van der Waals surface area (Å²) in [5, 5.41) is 0. The molecule has 0 bridgehead atoms. The van der Waals surface area contributed by atoms with Crippen LogP contribution >= 0.6 is 0 Å². The van der Waals surface area contributed by atoms with Crippen LogP contribution in [0.3, 0.4) is 0 Å². The largest absolute Gasteiger partial charge is 0.324 e. The smallest absolute Gasteiger partial charge is 0.0283 e. The van der Waals surface area contributed by atoms with Gasteiger partial charge in [-0.05, 0) is 37.8 Å². The van der Waals surface area contributed by atoms with E-state index in [0.29, 0.717) is 0 Å². The van der Waals surface area contributed by atoms with Crippen LogP contribution in [0, 0.1) is 5.92 Å². The van der Waals surface area contributed by atoms with Crippen LogP contribution < -0.4 is 5.73 Å². The Morgan fingerprint density at radius 2 is 1.94 bits per heavy atom. The van der Waals surface area contributed by atoms with Crippen molar-refractivity contribution < 1.29 is 0 Å². The lowest BCUT2D eigenvalue weighted by Gasteiger charge is -2.32. The number of hydrogen-bond donors (Lipinski definition) is 1. The third-order valence-electron chi connectivity index (χ3n) is 3.77. The van der Waals surface area contributed by atoms with Crippen molar-refractivity contribution in [3.8, 4) is 0 Å². The van der Waals surface area contributed by atoms with Crippen molar-refractivity contribution in [3.63, 3.8) is 0 Å². The van der Waals surface area contributed by atoms with Crippen molar-refractivity contribution >= 4 is 0 Å². The van der Waals surface area contributed by atoms with E-state index in [4.69, 9.17) is 5.73 Å². The molecule has 2 N–H and O–H groups in total. The molecule has 17 heavy (non-hydrogen) atoms. The van der Waals surface area contributed by atoms with Gasteiger partial charge in [0.2, 0.25) is 0 Å². The van der Waals surface area contributed by atoms with Gasteiger partial charge in [-0.1, -0.05) is 37.3 Å². The van der Waals surface area contributed by atoms with Gasteiger partial charge in [0.15, 0.2) is 0 Å². The number of rotatable bonds is 6. The Balaban J connectivity index is 1.92. The first kappa shape index (κ1) is 12.6. The van der Waals surface area contributed by atoms with Crippen LogP contribution in [0.25, 0.3) is 0 Å². The SMILES string of the molecule is CCN(Cc1ccccc1)CC(C)(N)C1CC1. The minimum absolute atomic E-state index is 0.00914. The third kappa shape index (κ3) is 3.55. The molecular formula is C15H24N2. The van der Waals surface area contributed by atoms with E-state index in [-0.39, 0.29) is 5.54 Å². The summed E-state index contributed by atoms with van der Waals surface area (Å²) in [5.74, 6) is 0.743. The summed E-state index contributed by atoms with van der Waals surface area (Å²) in [7, 11) is 0. The average molecular weight is 232 g/mol. The second-order valence-electron chi connectivity index (χ2n) is 5.57. The van der Waals surface area contributed by atoms with Crippen LogP contribution in [0.5, 0.6) is 0 Å². The summed E-state index contributed by atoms with van der Waals surface area (Å²) in [6.45, 7) is 7.50. The molecule has 1 aromatic rings. The molecule has 2 heteroatoms. The summed E-state index contributed by atoms with van der Waals surface area (Å²) in [4.78, 5) is 2.45. The number of hydrogen-bond acceptors (Lipinski definition) is 2. The molecule has 1 aliphatic carbocycles. The molecule has 1 saturated carbocycles. The molecule has 0 saturated heterocycles. The Bertz CT molecular complexity index is 341. The first-order valence-electron chi connectivity index (χ1n) is 6.67. The van der Waals surface area contributed by atoms with Gasteiger partial charge in [-0.2, -0.15) is 0 Å². The van der Waals surface area contributed by atoms with Gasteiger partial charge in [0, 0.05) is 18.6 Å². The summed E-state index contributed by atoms with van der Waals surface area (Å²) >= 11 is 0. The zero-order chi connectivity index (χ0) is 12.3. The minimum atomic E-state index is -0.00914. The fraction of sp³-hybridized carbons (Fsp3) is 0.600. The third-order valence-corrected chi connectivity index (χ3v) is 3.77. The lowest BCUT2D eigenvalue weighted by atomic mass is 9.96. The quantitative estimate of drug-likeness (QED) is 0.817. The summed E-state index contributed by atoms with van der Waals surface area (Å²) in [5.41, 5.74) is 7.78. The average Bonchev–Trinajstić information content (AvgIpc) is 3.13. The normalized spacial score (nSPS) is 19.3. The van der Waals surface area contributed by atoms with Crippen LogP contribution in [-0.4, -0.2) is 23.5 Å². The monoisotopic (exact) mass is 232 g/mol. The highest BCUT2D eigenvalue weighted by atomic mass is 15.1. The Kier molecular flexibility index (Phi) is 3.85. The highest BCUT2D eigenvalue weighted by Crippen LogP contribution is 2.38. The molecule has 0 spiro atoms. The lowest BCUT2D eigenvalue weighted by molar-refractivity contribution is 0.203. The van der Waals surface area contributed by atoms with Crippen molar-refractivity contribution in [2.24, 2.45) is 11.7 Å². The van der Waals surface area contributed by atoms with E-state index in [2.05, 4.69) is 49.1 Å². The fourth-order valence-electron chi connectivity index (χ4n) is 2.47. The van der Waals surface area contributed by atoms with E-state index >= 15 is 0 Å². The molecular weight excluding hydrogens is 208 g/mol. The molecule has 0 aromatic heterocycles. The standard InChI is InChI=1S/C15H24N2/c1-3-17(11-13-7-5-4-6-8-13)12-15(2,16)14-9-10-14/h4-8,14H,3,9-12,16H2,1-2H3. The molecule has 2 nitrogen and oxygen atoms in total. The molecule has 1 atom stereocenters. The second-order valence-corrected chi connectivity index (χ2v) is 5.57. The first-order chi connectivity index (χ1) is 8.12. The first-order valence-corrected chi connectivity index (χ1v) is 6.67. The summed E-state index contributed by atoms with van der Waals surface area (Å²) < 4.78 is 0. The summed E-state index contributed by atoms with van der Waals surface area (Å²) in [6, 6.07) is 10.6. The van der Waals surface area contributed by atoms with Gasteiger partial charge in [-0.15, -0.1) is 0 Å². The maximum absolute atomic E-state index is 6.41. The van der Waals surface area contributed by atoms with Crippen molar-refractivity contribution in [1.29, 1.82) is 0 Å². The van der Waals surface area contributed by atoms with Crippen molar-refractivity contribution in [3.05, 3.63) is 35.9 Å². The van der Waals surface area contributed by atoms with E-state index in [1.807, 2.05) is 0 Å². The highest BCUT2D eigenvalue weighted by molar-refractivity contribution is 5.14. The fourth-order valence-corrected chi connectivity index (χ4v) is 2.47. The Labute approximate surface area is 105 Å². The van der Waals surface area contributed by atoms with E-state index in [1.165, 1.54) is 18.4 Å². The van der Waals surface area contributed by atoms with Gasteiger partial charge >= 0.3 is 0 Å². The lowest BCUT2D eigenvalue weighted by Crippen LogP contribution is -2.49. The number of nitrogens with zero attached hydrogens (tertiary/aromatic N) is 1. The van der Waals surface area contributed by atoms with Crippen LogP contribution in [0.15, 0.2) is 30.3 Å². The van der Waals surface area contributed by atoms with Crippen LogP contribution in [0.4, 0.5) is 0 Å². The van der Waals surface area contributed by atoms with E-state index in [1.54, 1.807) is 0 Å². The molecule has 2 rings (SSSR count). The molecule has 94 valence electrons. The Morgan fingerprint density at radius 1 is 1.29 bits per heavy atom. The molecule has 0 radical (unpaired) electrons. The maximum atomic E-state index is 6.41. The van der Waals surface area contributed by atoms with E-state index in [0.717, 1.165) is 25.6 Å². The van der Waals surface area contributed by atoms with Crippen LogP contribution in [0.1, 0.15) is 32.3 Å². The zero-order valence-electron chi connectivity index (χ0n) is 11.0. The zero-order valence-corrected chi connectivity index (χ0v) is 11.0. The van der Waals surface area contributed by atoms with Crippen molar-refractivity contribution in [2.75, 3.05) is 13.1 Å². The molecule has 1 unspecified atom stereocenters. The summed E-state index contributed by atoms with van der Waals surface area (Å²) in [6.07, 6.45) is 2.63. The molecule has 0 aliphatic heterocycles. The number of benzene rings is 1.